The van der Waals surface area contributed by atoms with Crippen LogP contribution in [0.25, 0.3) is 0 Å². The Bertz CT molecular complexity index is 454. The number of methoxy groups -OCH3 is 1. The molecule has 1 heterocycles. The van der Waals surface area contributed by atoms with Crippen molar-refractivity contribution in [3.63, 3.8) is 0 Å². The summed E-state index contributed by atoms with van der Waals surface area (Å²) >= 11 is 0. The first-order valence-corrected chi connectivity index (χ1v) is 7.08. The van der Waals surface area contributed by atoms with E-state index in [4.69, 9.17) is 14.6 Å². The van der Waals surface area contributed by atoms with Crippen LogP contribution in [0.1, 0.15) is 29.7 Å². The highest BCUT2D eigenvalue weighted by atomic mass is 16.5. The lowest BCUT2D eigenvalue weighted by atomic mass is 9.99. The van der Waals surface area contributed by atoms with Crippen LogP contribution in [-0.4, -0.2) is 48.0 Å². The monoisotopic (exact) mass is 296 g/mol. The zero-order valence-electron chi connectivity index (χ0n) is 13.2. The minimum atomic E-state index is -0.801. The Morgan fingerprint density at radius 1 is 1.19 bits per heavy atom. The molecule has 1 aromatic rings. The van der Waals surface area contributed by atoms with E-state index in [1.165, 1.54) is 0 Å². The maximum Gasteiger partial charge on any atom is 0.306 e. The summed E-state index contributed by atoms with van der Waals surface area (Å²) in [7, 11) is 1.63. The summed E-state index contributed by atoms with van der Waals surface area (Å²) in [6, 6.07) is 0. The molecule has 1 atom stereocenters. The molecule has 0 saturated carbocycles. The lowest BCUT2D eigenvalue weighted by Crippen LogP contribution is -2.16. The second kappa shape index (κ2) is 8.69. The number of hydrogen-bond acceptors (Lipinski definition) is 5. The SMILES string of the molecule is COCCOCCc1nc(C)c(CC(C)C(=O)O)c(C)n1. The van der Waals surface area contributed by atoms with E-state index in [-0.39, 0.29) is 0 Å². The van der Waals surface area contributed by atoms with Crippen molar-refractivity contribution in [2.75, 3.05) is 26.9 Å². The molecule has 1 aromatic heterocycles. The minimum absolute atomic E-state index is 0.436. The molecule has 0 amide bonds. The van der Waals surface area contributed by atoms with Crippen molar-refractivity contribution < 1.29 is 19.4 Å². The molecule has 1 N–H and O–H groups in total. The van der Waals surface area contributed by atoms with Gasteiger partial charge >= 0.3 is 5.97 Å². The van der Waals surface area contributed by atoms with Gasteiger partial charge in [0.25, 0.3) is 0 Å². The first-order chi connectivity index (χ1) is 9.95. The van der Waals surface area contributed by atoms with Gasteiger partial charge in [-0.15, -0.1) is 0 Å². The molecule has 1 unspecified atom stereocenters. The van der Waals surface area contributed by atoms with E-state index in [9.17, 15) is 4.79 Å². The zero-order valence-corrected chi connectivity index (χ0v) is 13.2. The van der Waals surface area contributed by atoms with Gasteiger partial charge < -0.3 is 14.6 Å². The molecule has 0 saturated heterocycles. The molecular formula is C15H24N2O4. The second-order valence-electron chi connectivity index (χ2n) is 5.09. The fraction of sp³-hybridized carbons (Fsp3) is 0.667. The number of rotatable bonds is 9. The summed E-state index contributed by atoms with van der Waals surface area (Å²) in [5.74, 6) is -0.507. The number of carboxylic acids is 1. The van der Waals surface area contributed by atoms with Gasteiger partial charge in [0.1, 0.15) is 5.82 Å². The maximum atomic E-state index is 11.0. The number of aliphatic carboxylic acids is 1. The zero-order chi connectivity index (χ0) is 15.8. The summed E-state index contributed by atoms with van der Waals surface area (Å²) in [6.07, 6.45) is 1.10. The molecular weight excluding hydrogens is 272 g/mol. The van der Waals surface area contributed by atoms with Crippen molar-refractivity contribution in [2.24, 2.45) is 5.92 Å². The molecule has 6 heteroatoms. The molecule has 0 spiro atoms. The smallest absolute Gasteiger partial charge is 0.306 e. The molecule has 0 bridgehead atoms. The van der Waals surface area contributed by atoms with Crippen LogP contribution in [0.4, 0.5) is 0 Å². The first kappa shape index (κ1) is 17.5. The predicted octanol–water partition coefficient (Wildman–Crippen LogP) is 1.56. The Morgan fingerprint density at radius 2 is 1.81 bits per heavy atom. The van der Waals surface area contributed by atoms with Crippen LogP contribution >= 0.6 is 0 Å². The van der Waals surface area contributed by atoms with E-state index >= 15 is 0 Å². The number of ether oxygens (including phenoxy) is 2. The van der Waals surface area contributed by atoms with Crippen molar-refractivity contribution in [1.29, 1.82) is 0 Å². The van der Waals surface area contributed by atoms with Crippen LogP contribution in [0, 0.1) is 19.8 Å². The normalized spacial score (nSPS) is 12.4. The van der Waals surface area contributed by atoms with Gasteiger partial charge in [-0.2, -0.15) is 0 Å². The summed E-state index contributed by atoms with van der Waals surface area (Å²) in [6.45, 7) is 7.17. The van der Waals surface area contributed by atoms with Crippen molar-refractivity contribution in [2.45, 2.75) is 33.6 Å². The standard InChI is InChI=1S/C15H24N2O4/c1-10(15(18)19)9-13-11(2)16-14(17-12(13)3)5-6-21-8-7-20-4/h10H,5-9H2,1-4H3,(H,18,19). The van der Waals surface area contributed by atoms with Crippen molar-refractivity contribution in [1.82, 2.24) is 9.97 Å². The first-order valence-electron chi connectivity index (χ1n) is 7.08. The van der Waals surface area contributed by atoms with Gasteiger partial charge in [0, 0.05) is 24.9 Å². The minimum Gasteiger partial charge on any atom is -0.481 e. The maximum absolute atomic E-state index is 11.0. The Balaban J connectivity index is 2.64. The van der Waals surface area contributed by atoms with Gasteiger partial charge in [-0.3, -0.25) is 4.79 Å². The summed E-state index contributed by atoms with van der Waals surface area (Å²) in [5.41, 5.74) is 2.62. The van der Waals surface area contributed by atoms with Crippen LogP contribution < -0.4 is 0 Å². The summed E-state index contributed by atoms with van der Waals surface area (Å²) < 4.78 is 10.3. The molecule has 0 aliphatic heterocycles. The highest BCUT2D eigenvalue weighted by Gasteiger charge is 2.16. The van der Waals surface area contributed by atoms with E-state index in [2.05, 4.69) is 9.97 Å². The topological polar surface area (TPSA) is 81.5 Å². The highest BCUT2D eigenvalue weighted by Crippen LogP contribution is 2.16. The average Bonchev–Trinajstić information content (AvgIpc) is 2.42. The van der Waals surface area contributed by atoms with Gasteiger partial charge in [-0.1, -0.05) is 6.92 Å². The number of aromatic nitrogens is 2. The molecule has 0 fully saturated rings. The number of hydrogen-bond donors (Lipinski definition) is 1. The lowest BCUT2D eigenvalue weighted by molar-refractivity contribution is -0.141. The molecule has 0 radical (unpaired) electrons. The van der Waals surface area contributed by atoms with Gasteiger partial charge in [-0.25, -0.2) is 9.97 Å². The Labute approximate surface area is 125 Å². The van der Waals surface area contributed by atoms with Crippen LogP contribution in [-0.2, 0) is 27.1 Å². The lowest BCUT2D eigenvalue weighted by Gasteiger charge is -2.13. The second-order valence-corrected chi connectivity index (χ2v) is 5.09. The molecule has 118 valence electrons. The number of carboxylic acid groups (broad SMARTS) is 1. The fourth-order valence-corrected chi connectivity index (χ4v) is 2.02. The Kier molecular flexibility index (Phi) is 7.25. The van der Waals surface area contributed by atoms with E-state index in [1.54, 1.807) is 14.0 Å². The third-order valence-electron chi connectivity index (χ3n) is 3.30. The third-order valence-corrected chi connectivity index (χ3v) is 3.30. The molecule has 6 nitrogen and oxygen atoms in total. The molecule has 1 rings (SSSR count). The van der Waals surface area contributed by atoms with Gasteiger partial charge in [0.15, 0.2) is 0 Å². The third kappa shape index (κ3) is 5.77. The van der Waals surface area contributed by atoms with Crippen LogP contribution in [0.3, 0.4) is 0 Å². The van der Waals surface area contributed by atoms with Crippen LogP contribution in [0.5, 0.6) is 0 Å². The molecule has 0 aliphatic rings. The fourth-order valence-electron chi connectivity index (χ4n) is 2.02. The highest BCUT2D eigenvalue weighted by molar-refractivity contribution is 5.70. The van der Waals surface area contributed by atoms with E-state index < -0.39 is 11.9 Å². The number of nitrogens with zero attached hydrogens (tertiary/aromatic N) is 2. The predicted molar refractivity (Wildman–Crippen MR) is 78.4 cm³/mol. The van der Waals surface area contributed by atoms with Crippen LogP contribution in [0.15, 0.2) is 0 Å². The van der Waals surface area contributed by atoms with Crippen molar-refractivity contribution in [3.8, 4) is 0 Å². The number of carbonyl (C=O) groups is 1. The molecule has 0 aromatic carbocycles. The van der Waals surface area contributed by atoms with Gasteiger partial charge in [0.05, 0.1) is 25.7 Å². The Morgan fingerprint density at radius 3 is 2.33 bits per heavy atom. The van der Waals surface area contributed by atoms with Crippen LogP contribution in [0.2, 0.25) is 0 Å². The average molecular weight is 296 g/mol. The van der Waals surface area contributed by atoms with E-state index in [0.29, 0.717) is 32.7 Å². The van der Waals surface area contributed by atoms with E-state index in [0.717, 1.165) is 22.8 Å². The van der Waals surface area contributed by atoms with E-state index in [1.807, 2.05) is 13.8 Å². The summed E-state index contributed by atoms with van der Waals surface area (Å²) in [4.78, 5) is 19.9. The van der Waals surface area contributed by atoms with Gasteiger partial charge in [0.2, 0.25) is 0 Å². The van der Waals surface area contributed by atoms with Gasteiger partial charge in [-0.05, 0) is 25.8 Å². The molecule has 21 heavy (non-hydrogen) atoms. The largest absolute Gasteiger partial charge is 0.481 e. The Hall–Kier alpha value is -1.53. The molecule has 0 aliphatic carbocycles. The number of aryl methyl sites for hydroxylation is 2. The quantitative estimate of drug-likeness (QED) is 0.696. The van der Waals surface area contributed by atoms with Crippen molar-refractivity contribution in [3.05, 3.63) is 22.8 Å². The van der Waals surface area contributed by atoms with Crippen molar-refractivity contribution >= 4 is 5.97 Å². The summed E-state index contributed by atoms with van der Waals surface area (Å²) in [5, 5.41) is 9.00.